The van der Waals surface area contributed by atoms with Crippen LogP contribution in [0.4, 0.5) is 4.39 Å². The van der Waals surface area contributed by atoms with E-state index in [-0.39, 0.29) is 17.6 Å². The van der Waals surface area contributed by atoms with Crippen LogP contribution in [-0.2, 0) is 4.79 Å². The lowest BCUT2D eigenvalue weighted by Crippen LogP contribution is -2.29. The maximum atomic E-state index is 13.1. The van der Waals surface area contributed by atoms with Gasteiger partial charge in [-0.1, -0.05) is 13.8 Å². The van der Waals surface area contributed by atoms with Crippen molar-refractivity contribution in [1.82, 2.24) is 14.9 Å². The second kappa shape index (κ2) is 6.14. The van der Waals surface area contributed by atoms with Crippen molar-refractivity contribution >= 4 is 5.91 Å². The zero-order valence-electron chi connectivity index (χ0n) is 13.8. The molecule has 1 aliphatic heterocycles. The number of amides is 1. The first-order chi connectivity index (χ1) is 10.9. The van der Waals surface area contributed by atoms with Gasteiger partial charge in [0.05, 0.1) is 5.69 Å². The normalized spacial score (nSPS) is 18.2. The number of nitrogens with one attached hydrogen (secondary N) is 1. The number of hydrogen-bond acceptors (Lipinski definition) is 2. The second-order valence-electron chi connectivity index (χ2n) is 6.70. The highest BCUT2D eigenvalue weighted by Crippen LogP contribution is 2.30. The molecule has 1 atom stereocenters. The molecule has 0 saturated carbocycles. The highest BCUT2D eigenvalue weighted by atomic mass is 19.1. The second-order valence-corrected chi connectivity index (χ2v) is 6.70. The van der Waals surface area contributed by atoms with Crippen LogP contribution < -0.4 is 0 Å². The summed E-state index contributed by atoms with van der Waals surface area (Å²) in [5.41, 5.74) is 2.66. The van der Waals surface area contributed by atoms with Gasteiger partial charge in [0, 0.05) is 36.7 Å². The Morgan fingerprint density at radius 1 is 1.35 bits per heavy atom. The molecule has 1 amide bonds. The van der Waals surface area contributed by atoms with Gasteiger partial charge in [-0.05, 0) is 37.1 Å². The maximum absolute atomic E-state index is 13.1. The molecule has 0 spiro atoms. The van der Waals surface area contributed by atoms with Crippen molar-refractivity contribution in [3.8, 4) is 11.3 Å². The summed E-state index contributed by atoms with van der Waals surface area (Å²) in [4.78, 5) is 22.0. The van der Waals surface area contributed by atoms with Gasteiger partial charge in [-0.25, -0.2) is 9.37 Å². The minimum Gasteiger partial charge on any atom is -0.345 e. The van der Waals surface area contributed by atoms with E-state index in [2.05, 4.69) is 23.8 Å². The van der Waals surface area contributed by atoms with Gasteiger partial charge in [0.1, 0.15) is 11.6 Å². The average molecular weight is 315 g/mol. The smallest absolute Gasteiger partial charge is 0.223 e. The van der Waals surface area contributed by atoms with Crippen molar-refractivity contribution in [3.05, 3.63) is 41.6 Å². The molecule has 23 heavy (non-hydrogen) atoms. The Labute approximate surface area is 135 Å². The maximum Gasteiger partial charge on any atom is 0.223 e. The van der Waals surface area contributed by atoms with Crippen LogP contribution in [0.1, 0.15) is 37.7 Å². The number of aromatic amines is 1. The van der Waals surface area contributed by atoms with E-state index >= 15 is 0 Å². The van der Waals surface area contributed by atoms with Crippen LogP contribution >= 0.6 is 0 Å². The van der Waals surface area contributed by atoms with Crippen LogP contribution in [0.5, 0.6) is 0 Å². The van der Waals surface area contributed by atoms with Gasteiger partial charge < -0.3 is 9.88 Å². The lowest BCUT2D eigenvalue weighted by atomic mass is 10.1. The number of nitrogens with zero attached hydrogens (tertiary/aromatic N) is 2. The van der Waals surface area contributed by atoms with Crippen LogP contribution in [0.2, 0.25) is 0 Å². The predicted molar refractivity (Wildman–Crippen MR) is 87.5 cm³/mol. The van der Waals surface area contributed by atoms with Gasteiger partial charge in [-0.15, -0.1) is 0 Å². The van der Waals surface area contributed by atoms with E-state index in [9.17, 15) is 9.18 Å². The molecule has 1 aromatic heterocycles. The minimum absolute atomic E-state index is 0.106. The van der Waals surface area contributed by atoms with Gasteiger partial charge in [0.2, 0.25) is 5.91 Å². The van der Waals surface area contributed by atoms with E-state index in [0.717, 1.165) is 29.3 Å². The molecule has 1 N–H and O–H groups in total. The Morgan fingerprint density at radius 2 is 2.04 bits per heavy atom. The first-order valence-corrected chi connectivity index (χ1v) is 8.04. The fraction of sp³-hybridized carbons (Fsp3) is 0.444. The van der Waals surface area contributed by atoms with Gasteiger partial charge >= 0.3 is 0 Å². The number of carbonyl (C=O) groups is 1. The predicted octanol–water partition coefficient (Wildman–Crippen LogP) is 3.50. The molecule has 4 nitrogen and oxygen atoms in total. The lowest BCUT2D eigenvalue weighted by Gasteiger charge is -2.18. The third kappa shape index (κ3) is 3.28. The molecular weight excluding hydrogens is 293 g/mol. The monoisotopic (exact) mass is 315 g/mol. The summed E-state index contributed by atoms with van der Waals surface area (Å²) >= 11 is 0. The number of aromatic nitrogens is 2. The molecule has 1 fully saturated rings. The Hall–Kier alpha value is -2.17. The van der Waals surface area contributed by atoms with Gasteiger partial charge in [0.15, 0.2) is 0 Å². The van der Waals surface area contributed by atoms with Crippen molar-refractivity contribution in [2.75, 3.05) is 13.1 Å². The van der Waals surface area contributed by atoms with E-state index in [1.165, 1.54) is 12.1 Å². The number of benzene rings is 1. The largest absolute Gasteiger partial charge is 0.345 e. The zero-order chi connectivity index (χ0) is 16.6. The van der Waals surface area contributed by atoms with Gasteiger partial charge in [-0.3, -0.25) is 4.79 Å². The molecule has 0 radical (unpaired) electrons. The van der Waals surface area contributed by atoms with E-state index in [1.54, 1.807) is 12.1 Å². The summed E-state index contributed by atoms with van der Waals surface area (Å²) in [6, 6.07) is 6.33. The number of carbonyl (C=O) groups excluding carboxylic acids is 1. The fourth-order valence-corrected chi connectivity index (χ4v) is 3.14. The minimum atomic E-state index is -0.257. The lowest BCUT2D eigenvalue weighted by molar-refractivity contribution is -0.128. The molecular formula is C18H22FN3O. The molecule has 0 aliphatic carbocycles. The molecule has 1 saturated heterocycles. The molecule has 3 rings (SSSR count). The summed E-state index contributed by atoms with van der Waals surface area (Å²) in [5.74, 6) is 1.36. The van der Waals surface area contributed by atoms with Gasteiger partial charge in [-0.2, -0.15) is 0 Å². The topological polar surface area (TPSA) is 49.0 Å². The number of halogens is 1. The molecule has 1 aromatic carbocycles. The summed E-state index contributed by atoms with van der Waals surface area (Å²) in [7, 11) is 0. The number of likely N-dealkylation sites (tertiary alicyclic amines) is 1. The van der Waals surface area contributed by atoms with E-state index in [1.807, 2.05) is 11.8 Å². The van der Waals surface area contributed by atoms with E-state index < -0.39 is 0 Å². The molecule has 2 heterocycles. The Bertz CT molecular complexity index is 706. The number of H-pyrrole nitrogens is 1. The van der Waals surface area contributed by atoms with E-state index in [0.29, 0.717) is 18.9 Å². The van der Waals surface area contributed by atoms with Crippen LogP contribution in [0, 0.1) is 18.7 Å². The van der Waals surface area contributed by atoms with E-state index in [4.69, 9.17) is 0 Å². The number of aryl methyl sites for hydroxylation is 1. The van der Waals surface area contributed by atoms with Crippen LogP contribution in [0.15, 0.2) is 24.3 Å². The van der Waals surface area contributed by atoms with Crippen LogP contribution in [0.3, 0.4) is 0 Å². The van der Waals surface area contributed by atoms with Gasteiger partial charge in [0.25, 0.3) is 0 Å². The Balaban J connectivity index is 1.81. The summed E-state index contributed by atoms with van der Waals surface area (Å²) in [6.07, 6.45) is 0.503. The van der Waals surface area contributed by atoms with Crippen molar-refractivity contribution in [2.45, 2.75) is 33.1 Å². The third-order valence-electron chi connectivity index (χ3n) is 4.21. The number of imidazole rings is 1. The summed E-state index contributed by atoms with van der Waals surface area (Å²) in [5, 5.41) is 0. The molecule has 5 heteroatoms. The van der Waals surface area contributed by atoms with Crippen molar-refractivity contribution in [3.63, 3.8) is 0 Å². The average Bonchev–Trinajstić information content (AvgIpc) is 3.03. The molecule has 2 aromatic rings. The first kappa shape index (κ1) is 15.7. The number of rotatable bonds is 4. The molecule has 122 valence electrons. The summed E-state index contributed by atoms with van der Waals surface area (Å²) < 4.78 is 13.1. The Kier molecular flexibility index (Phi) is 4.20. The zero-order valence-corrected chi connectivity index (χ0v) is 13.8. The Morgan fingerprint density at radius 3 is 2.70 bits per heavy atom. The van der Waals surface area contributed by atoms with Crippen molar-refractivity contribution in [1.29, 1.82) is 0 Å². The first-order valence-electron chi connectivity index (χ1n) is 8.04. The molecule has 0 bridgehead atoms. The third-order valence-corrected chi connectivity index (χ3v) is 4.21. The quantitative estimate of drug-likeness (QED) is 0.939. The SMILES string of the molecule is Cc1[nH]c(C2CC(=O)N(CC(C)C)C2)nc1-c1ccc(F)cc1. The van der Waals surface area contributed by atoms with Crippen LogP contribution in [-0.4, -0.2) is 33.9 Å². The fourth-order valence-electron chi connectivity index (χ4n) is 3.14. The standard InChI is InChI=1S/C18H22FN3O/c1-11(2)9-22-10-14(8-16(22)23)18-20-12(3)17(21-18)13-4-6-15(19)7-5-13/h4-7,11,14H,8-10H2,1-3H3,(H,20,21). The van der Waals surface area contributed by atoms with Crippen LogP contribution in [0.25, 0.3) is 11.3 Å². The molecule has 1 unspecified atom stereocenters. The summed E-state index contributed by atoms with van der Waals surface area (Å²) in [6.45, 7) is 7.69. The van der Waals surface area contributed by atoms with Crippen molar-refractivity contribution < 1.29 is 9.18 Å². The van der Waals surface area contributed by atoms with Crippen molar-refractivity contribution in [2.24, 2.45) is 5.92 Å². The highest BCUT2D eigenvalue weighted by Gasteiger charge is 2.33. The molecule has 1 aliphatic rings. The highest BCUT2D eigenvalue weighted by molar-refractivity contribution is 5.79. The number of hydrogen-bond donors (Lipinski definition) is 1.